The van der Waals surface area contributed by atoms with E-state index in [1.165, 1.54) is 11.9 Å². The van der Waals surface area contributed by atoms with Crippen molar-refractivity contribution in [2.75, 3.05) is 43.9 Å². The van der Waals surface area contributed by atoms with Crippen LogP contribution in [-0.4, -0.2) is 54.3 Å². The van der Waals surface area contributed by atoms with Gasteiger partial charge in [0.15, 0.2) is 5.82 Å². The van der Waals surface area contributed by atoms with Crippen molar-refractivity contribution in [3.05, 3.63) is 53.7 Å². The van der Waals surface area contributed by atoms with Crippen molar-refractivity contribution < 1.29 is 9.47 Å². The number of aromatic nitrogens is 2. The Hall–Kier alpha value is -2.72. The summed E-state index contributed by atoms with van der Waals surface area (Å²) in [5.74, 6) is 2.38. The molecule has 0 amide bonds. The number of nitrogens with zero attached hydrogens (tertiary/aromatic N) is 3. The second kappa shape index (κ2) is 12.3. The predicted molar refractivity (Wildman–Crippen MR) is 144 cm³/mol. The number of likely N-dealkylation sites (tertiary alicyclic amines) is 1. The quantitative estimate of drug-likeness (QED) is 0.278. The van der Waals surface area contributed by atoms with Gasteiger partial charge in [0, 0.05) is 24.1 Å². The molecule has 0 saturated carbocycles. The van der Waals surface area contributed by atoms with E-state index in [1.54, 1.807) is 6.20 Å². The second-order valence-corrected chi connectivity index (χ2v) is 9.41. The first kappa shape index (κ1) is 25.4. The van der Waals surface area contributed by atoms with Crippen molar-refractivity contribution in [2.45, 2.75) is 31.3 Å². The molecule has 2 heterocycles. The number of likely N-dealkylation sites (N-methyl/N-ethyl adjacent to an activating group) is 1. The summed E-state index contributed by atoms with van der Waals surface area (Å²) in [7, 11) is 1.88. The molecule has 0 spiro atoms. The molecule has 10 heteroatoms. The van der Waals surface area contributed by atoms with Crippen LogP contribution in [-0.2, 0) is 0 Å². The van der Waals surface area contributed by atoms with Crippen LogP contribution < -0.4 is 24.8 Å². The van der Waals surface area contributed by atoms with Crippen LogP contribution in [0.5, 0.6) is 11.5 Å². The largest absolute Gasteiger partial charge is 0.492 e. The summed E-state index contributed by atoms with van der Waals surface area (Å²) in [4.78, 5) is 12.4. The van der Waals surface area contributed by atoms with Crippen LogP contribution in [0.4, 0.5) is 23.1 Å². The SMILES string of the molecule is CCOc1cc(OC2CCN(CC)C2)ccc1Nc1ncc(Cl)c(Nc2ccccc2SNC)n1. The zero-order valence-electron chi connectivity index (χ0n) is 20.2. The molecule has 1 aliphatic heterocycles. The van der Waals surface area contributed by atoms with E-state index in [2.05, 4.69) is 37.1 Å². The lowest BCUT2D eigenvalue weighted by molar-refractivity contribution is 0.201. The van der Waals surface area contributed by atoms with E-state index in [0.717, 1.165) is 48.1 Å². The molecule has 0 aliphatic carbocycles. The Morgan fingerprint density at radius 3 is 2.77 bits per heavy atom. The molecule has 1 saturated heterocycles. The number of benzene rings is 2. The Labute approximate surface area is 215 Å². The lowest BCUT2D eigenvalue weighted by atomic mass is 10.2. The maximum absolute atomic E-state index is 6.40. The lowest BCUT2D eigenvalue weighted by Crippen LogP contribution is -2.24. The van der Waals surface area contributed by atoms with Crippen LogP contribution in [0.25, 0.3) is 0 Å². The molecule has 35 heavy (non-hydrogen) atoms. The van der Waals surface area contributed by atoms with Crippen LogP contribution in [0.3, 0.4) is 0 Å². The molecule has 1 aliphatic rings. The molecule has 3 aromatic rings. The zero-order valence-corrected chi connectivity index (χ0v) is 21.7. The van der Waals surface area contributed by atoms with Crippen LogP contribution in [0, 0.1) is 0 Å². The summed E-state index contributed by atoms with van der Waals surface area (Å²) >= 11 is 7.91. The zero-order chi connectivity index (χ0) is 24.6. The minimum Gasteiger partial charge on any atom is -0.492 e. The molecular formula is C25H31ClN6O2S. The van der Waals surface area contributed by atoms with Crippen molar-refractivity contribution >= 4 is 46.7 Å². The highest BCUT2D eigenvalue weighted by Gasteiger charge is 2.23. The summed E-state index contributed by atoms with van der Waals surface area (Å²) in [6.45, 7) is 7.72. The molecule has 0 radical (unpaired) electrons. The first-order valence-electron chi connectivity index (χ1n) is 11.7. The number of hydrogen-bond acceptors (Lipinski definition) is 9. The number of rotatable bonds is 11. The minimum absolute atomic E-state index is 0.195. The van der Waals surface area contributed by atoms with Gasteiger partial charge in [-0.05, 0) is 63.2 Å². The van der Waals surface area contributed by atoms with Gasteiger partial charge in [0.1, 0.15) is 22.6 Å². The number of anilines is 4. The number of ether oxygens (including phenoxy) is 2. The molecule has 0 bridgehead atoms. The number of nitrogens with one attached hydrogen (secondary N) is 3. The highest BCUT2D eigenvalue weighted by atomic mass is 35.5. The molecule has 1 aromatic heterocycles. The summed E-state index contributed by atoms with van der Waals surface area (Å²) in [6.07, 6.45) is 2.80. The Morgan fingerprint density at radius 2 is 2.00 bits per heavy atom. The van der Waals surface area contributed by atoms with E-state index in [0.29, 0.717) is 29.1 Å². The summed E-state index contributed by atoms with van der Waals surface area (Å²) in [5, 5.41) is 6.99. The van der Waals surface area contributed by atoms with Gasteiger partial charge in [0.2, 0.25) is 5.95 Å². The van der Waals surface area contributed by atoms with Crippen LogP contribution in [0.15, 0.2) is 53.6 Å². The smallest absolute Gasteiger partial charge is 0.229 e. The predicted octanol–water partition coefficient (Wildman–Crippen LogP) is 5.72. The molecule has 1 fully saturated rings. The monoisotopic (exact) mass is 514 g/mol. The molecule has 2 aromatic carbocycles. The average Bonchev–Trinajstić information content (AvgIpc) is 3.32. The Bertz CT molecular complexity index is 1130. The van der Waals surface area contributed by atoms with Gasteiger partial charge in [-0.2, -0.15) is 4.98 Å². The van der Waals surface area contributed by atoms with E-state index in [1.807, 2.05) is 56.4 Å². The maximum Gasteiger partial charge on any atom is 0.229 e. The first-order chi connectivity index (χ1) is 17.1. The van der Waals surface area contributed by atoms with Gasteiger partial charge in [0.05, 0.1) is 24.2 Å². The highest BCUT2D eigenvalue weighted by Crippen LogP contribution is 2.34. The van der Waals surface area contributed by atoms with Crippen LogP contribution >= 0.6 is 23.5 Å². The molecule has 1 atom stereocenters. The van der Waals surface area contributed by atoms with E-state index in [9.17, 15) is 0 Å². The molecule has 3 N–H and O–H groups in total. The topological polar surface area (TPSA) is 83.6 Å². The third-order valence-electron chi connectivity index (χ3n) is 5.57. The normalized spacial score (nSPS) is 15.7. The van der Waals surface area contributed by atoms with Gasteiger partial charge >= 0.3 is 0 Å². The van der Waals surface area contributed by atoms with Gasteiger partial charge in [0.25, 0.3) is 0 Å². The number of para-hydroxylation sites is 1. The van der Waals surface area contributed by atoms with E-state index in [-0.39, 0.29) is 6.10 Å². The fourth-order valence-corrected chi connectivity index (χ4v) is 4.59. The third kappa shape index (κ3) is 6.70. The van der Waals surface area contributed by atoms with Crippen LogP contribution in [0.2, 0.25) is 5.02 Å². The Balaban J connectivity index is 1.51. The van der Waals surface area contributed by atoms with Gasteiger partial charge in [-0.1, -0.05) is 30.7 Å². The summed E-state index contributed by atoms with van der Waals surface area (Å²) in [5.41, 5.74) is 1.64. The van der Waals surface area contributed by atoms with E-state index < -0.39 is 0 Å². The summed E-state index contributed by atoms with van der Waals surface area (Å²) in [6, 6.07) is 13.7. The van der Waals surface area contributed by atoms with Crippen molar-refractivity contribution in [3.63, 3.8) is 0 Å². The molecular weight excluding hydrogens is 484 g/mol. The third-order valence-corrected chi connectivity index (χ3v) is 6.63. The van der Waals surface area contributed by atoms with Gasteiger partial charge in [-0.3, -0.25) is 9.62 Å². The number of halogens is 1. The van der Waals surface area contributed by atoms with Gasteiger partial charge in [-0.15, -0.1) is 0 Å². The van der Waals surface area contributed by atoms with Crippen molar-refractivity contribution in [2.24, 2.45) is 0 Å². The molecule has 186 valence electrons. The van der Waals surface area contributed by atoms with Crippen molar-refractivity contribution in [1.82, 2.24) is 19.6 Å². The van der Waals surface area contributed by atoms with Gasteiger partial charge in [-0.25, -0.2) is 4.98 Å². The Morgan fingerprint density at radius 1 is 1.14 bits per heavy atom. The maximum atomic E-state index is 6.40. The van der Waals surface area contributed by atoms with Crippen LogP contribution in [0.1, 0.15) is 20.3 Å². The highest BCUT2D eigenvalue weighted by molar-refractivity contribution is 7.97. The Kier molecular flexibility index (Phi) is 8.92. The second-order valence-electron chi connectivity index (χ2n) is 7.96. The number of hydrogen-bond donors (Lipinski definition) is 3. The minimum atomic E-state index is 0.195. The standard InChI is InChI=1S/C25H31ClN6O2S/c1-4-32-13-12-18(16-32)34-17-10-11-20(22(14-17)33-5-2)30-25-28-15-19(26)24(31-25)29-21-8-6-7-9-23(21)35-27-3/h6-11,14-15,18,27H,4-5,12-13,16H2,1-3H3,(H2,28,29,30,31). The first-order valence-corrected chi connectivity index (χ1v) is 12.9. The van der Waals surface area contributed by atoms with Gasteiger partial charge < -0.3 is 20.1 Å². The van der Waals surface area contributed by atoms with E-state index in [4.69, 9.17) is 21.1 Å². The summed E-state index contributed by atoms with van der Waals surface area (Å²) < 4.78 is 15.2. The molecule has 4 rings (SSSR count). The average molecular weight is 515 g/mol. The van der Waals surface area contributed by atoms with Crippen molar-refractivity contribution in [3.8, 4) is 11.5 Å². The fourth-order valence-electron chi connectivity index (χ4n) is 3.86. The fraction of sp³-hybridized carbons (Fsp3) is 0.360. The van der Waals surface area contributed by atoms with E-state index >= 15 is 0 Å². The molecule has 8 nitrogen and oxygen atoms in total. The lowest BCUT2D eigenvalue weighted by Gasteiger charge is -2.18. The molecule has 1 unspecified atom stereocenters. The van der Waals surface area contributed by atoms with Crippen molar-refractivity contribution in [1.29, 1.82) is 0 Å².